The fourth-order valence-electron chi connectivity index (χ4n) is 5.61. The predicted molar refractivity (Wildman–Crippen MR) is 162 cm³/mol. The molecule has 2 aromatic heterocycles. The van der Waals surface area contributed by atoms with Gasteiger partial charge in [0.2, 0.25) is 24.6 Å². The fraction of sp³-hybridized carbons (Fsp3) is 0.323. The molecule has 3 aliphatic rings. The molecule has 3 aliphatic heterocycles. The molecule has 45 heavy (non-hydrogen) atoms. The maximum absolute atomic E-state index is 13.5. The number of carbonyl (C=O) groups is 2. The van der Waals surface area contributed by atoms with Crippen molar-refractivity contribution < 1.29 is 28.5 Å². The van der Waals surface area contributed by atoms with Gasteiger partial charge >= 0.3 is 0 Å². The Morgan fingerprint density at radius 3 is 2.51 bits per heavy atom. The third-order valence-corrected chi connectivity index (χ3v) is 8.04. The summed E-state index contributed by atoms with van der Waals surface area (Å²) in [6, 6.07) is 12.4. The third-order valence-electron chi connectivity index (χ3n) is 7.84. The number of halogens is 1. The molecule has 0 saturated carbocycles. The Kier molecular flexibility index (Phi) is 7.99. The van der Waals surface area contributed by atoms with Gasteiger partial charge in [-0.05, 0) is 35.4 Å². The van der Waals surface area contributed by atoms with Crippen molar-refractivity contribution in [3.8, 4) is 28.9 Å². The number of ether oxygens (including phenoxy) is 4. The maximum Gasteiger partial charge on any atom is 0.238 e. The molecule has 1 saturated heterocycles. The minimum atomic E-state index is -0.374. The van der Waals surface area contributed by atoms with Gasteiger partial charge in [-0.15, -0.1) is 0 Å². The number of nitrogens with zero attached hydrogens (tertiary/aromatic N) is 6. The lowest BCUT2D eigenvalue weighted by molar-refractivity contribution is -0.132. The van der Waals surface area contributed by atoms with Crippen LogP contribution in [-0.4, -0.2) is 81.9 Å². The van der Waals surface area contributed by atoms with Crippen LogP contribution in [0.1, 0.15) is 17.5 Å². The monoisotopic (exact) mass is 631 g/mol. The number of imidazole rings is 1. The molecule has 232 valence electrons. The van der Waals surface area contributed by atoms with Gasteiger partial charge in [-0.3, -0.25) is 14.2 Å². The summed E-state index contributed by atoms with van der Waals surface area (Å²) in [4.78, 5) is 43.8. The highest BCUT2D eigenvalue weighted by molar-refractivity contribution is 6.29. The Hall–Kier alpha value is -5.04. The van der Waals surface area contributed by atoms with Crippen LogP contribution in [0, 0.1) is 0 Å². The van der Waals surface area contributed by atoms with Gasteiger partial charge in [0.25, 0.3) is 0 Å². The number of carbonyl (C=O) groups excluding carboxylic acids is 2. The van der Waals surface area contributed by atoms with Crippen LogP contribution < -0.4 is 29.2 Å². The first-order valence-electron chi connectivity index (χ1n) is 14.6. The minimum Gasteiger partial charge on any atom is -0.486 e. The second-order valence-electron chi connectivity index (χ2n) is 10.8. The number of amides is 2. The molecule has 4 aromatic rings. The number of fused-ring (bicyclic) bond motifs is 2. The Morgan fingerprint density at radius 2 is 1.67 bits per heavy atom. The number of anilines is 1. The van der Waals surface area contributed by atoms with Gasteiger partial charge in [0.05, 0.1) is 12.5 Å². The first kappa shape index (κ1) is 28.7. The Labute approximate surface area is 263 Å². The number of nitrogens with one attached hydrogen (secondary N) is 1. The number of hydrogen-bond donors (Lipinski definition) is 1. The lowest BCUT2D eigenvalue weighted by atomic mass is 10.1. The zero-order chi connectivity index (χ0) is 30.8. The molecule has 1 N–H and O–H groups in total. The van der Waals surface area contributed by atoms with Crippen molar-refractivity contribution in [3.05, 3.63) is 77.5 Å². The molecule has 2 aromatic carbocycles. The van der Waals surface area contributed by atoms with Gasteiger partial charge in [-0.25, -0.2) is 9.97 Å². The van der Waals surface area contributed by atoms with E-state index in [-0.39, 0.29) is 42.6 Å². The van der Waals surface area contributed by atoms with Crippen molar-refractivity contribution in [2.75, 3.05) is 44.5 Å². The Morgan fingerprint density at radius 1 is 0.911 bits per heavy atom. The van der Waals surface area contributed by atoms with Crippen LogP contribution in [0.15, 0.2) is 61.2 Å². The van der Waals surface area contributed by atoms with E-state index in [0.29, 0.717) is 74.2 Å². The Balaban J connectivity index is 1.08. The zero-order valence-corrected chi connectivity index (χ0v) is 25.0. The first-order valence-corrected chi connectivity index (χ1v) is 15.0. The van der Waals surface area contributed by atoms with Crippen molar-refractivity contribution in [2.24, 2.45) is 0 Å². The van der Waals surface area contributed by atoms with Gasteiger partial charge in [0.15, 0.2) is 23.0 Å². The molecular formula is C31H30ClN7O6. The van der Waals surface area contributed by atoms with E-state index in [4.69, 9.17) is 35.5 Å². The quantitative estimate of drug-likeness (QED) is 0.290. The normalized spacial score (nSPS) is 16.9. The minimum absolute atomic E-state index is 0.0463. The number of piperazine rings is 1. The van der Waals surface area contributed by atoms with Gasteiger partial charge in [-0.1, -0.05) is 23.7 Å². The van der Waals surface area contributed by atoms with E-state index in [1.54, 1.807) is 34.3 Å². The summed E-state index contributed by atoms with van der Waals surface area (Å²) >= 11 is 6.42. The summed E-state index contributed by atoms with van der Waals surface area (Å²) in [6.07, 6.45) is 5.27. The van der Waals surface area contributed by atoms with Crippen LogP contribution in [0.25, 0.3) is 5.95 Å². The van der Waals surface area contributed by atoms with Crippen LogP contribution in [0.4, 0.5) is 5.82 Å². The summed E-state index contributed by atoms with van der Waals surface area (Å²) in [7, 11) is 0. The van der Waals surface area contributed by atoms with Crippen molar-refractivity contribution in [1.82, 2.24) is 29.7 Å². The summed E-state index contributed by atoms with van der Waals surface area (Å²) < 4.78 is 23.8. The van der Waals surface area contributed by atoms with Crippen molar-refractivity contribution >= 4 is 29.2 Å². The highest BCUT2D eigenvalue weighted by atomic mass is 35.5. The van der Waals surface area contributed by atoms with E-state index in [2.05, 4.69) is 15.3 Å². The molecule has 13 nitrogen and oxygen atoms in total. The van der Waals surface area contributed by atoms with E-state index >= 15 is 0 Å². The molecule has 0 radical (unpaired) electrons. The average molecular weight is 632 g/mol. The molecule has 0 spiro atoms. The third kappa shape index (κ3) is 6.43. The molecule has 2 amide bonds. The standard InChI is InChI=1S/C31H30ClN7O6/c32-27-15-28(36-31(35-27)38-6-5-33-18-38)39-8-7-37(30(41)13-20-1-3-24-26(11-20)45-19-44-24)17-22(39)14-29(40)34-16-21-2-4-23-25(12-21)43-10-9-42-23/h1-6,11-12,15,18,22H,7-10,13-14,16-17,19H2,(H,34,40). The highest BCUT2D eigenvalue weighted by Gasteiger charge is 2.33. The van der Waals surface area contributed by atoms with E-state index in [0.717, 1.165) is 11.1 Å². The molecule has 1 atom stereocenters. The second kappa shape index (κ2) is 12.5. The lowest BCUT2D eigenvalue weighted by Crippen LogP contribution is -2.56. The lowest BCUT2D eigenvalue weighted by Gasteiger charge is -2.42. The summed E-state index contributed by atoms with van der Waals surface area (Å²) in [5.74, 6) is 3.36. The average Bonchev–Trinajstić information content (AvgIpc) is 3.76. The SMILES string of the molecule is O=C(CC1CN(C(=O)Cc2ccc3c(c2)OCO3)CCN1c1cc(Cl)nc(-n2ccnc2)n1)NCc1ccc2c(c1)OCCO2. The topological polar surface area (TPSA) is 133 Å². The number of rotatable bonds is 8. The number of hydrogen-bond acceptors (Lipinski definition) is 10. The first-order chi connectivity index (χ1) is 22.0. The van der Waals surface area contributed by atoms with Gasteiger partial charge in [0, 0.05) is 51.1 Å². The van der Waals surface area contributed by atoms with Gasteiger partial charge in [0.1, 0.15) is 30.5 Å². The van der Waals surface area contributed by atoms with Crippen LogP contribution in [0.3, 0.4) is 0 Å². The molecule has 0 bridgehead atoms. The molecule has 7 rings (SSSR count). The van der Waals surface area contributed by atoms with Crippen LogP contribution >= 0.6 is 11.6 Å². The largest absolute Gasteiger partial charge is 0.486 e. The fourth-order valence-corrected chi connectivity index (χ4v) is 5.79. The van der Waals surface area contributed by atoms with Crippen molar-refractivity contribution in [3.63, 3.8) is 0 Å². The van der Waals surface area contributed by atoms with E-state index < -0.39 is 0 Å². The van der Waals surface area contributed by atoms with Crippen LogP contribution in [-0.2, 0) is 22.6 Å². The molecule has 1 fully saturated rings. The van der Waals surface area contributed by atoms with E-state index in [1.807, 2.05) is 41.3 Å². The number of benzene rings is 2. The van der Waals surface area contributed by atoms with Gasteiger partial charge < -0.3 is 34.1 Å². The molecule has 0 aliphatic carbocycles. The molecule has 5 heterocycles. The smallest absolute Gasteiger partial charge is 0.238 e. The van der Waals surface area contributed by atoms with E-state index in [1.165, 1.54) is 0 Å². The maximum atomic E-state index is 13.5. The predicted octanol–water partition coefficient (Wildman–Crippen LogP) is 2.78. The highest BCUT2D eigenvalue weighted by Crippen LogP contribution is 2.33. The second-order valence-corrected chi connectivity index (χ2v) is 11.2. The van der Waals surface area contributed by atoms with Crippen LogP contribution in [0.5, 0.6) is 23.0 Å². The summed E-state index contributed by atoms with van der Waals surface area (Å²) in [5.41, 5.74) is 1.72. The van der Waals surface area contributed by atoms with Crippen molar-refractivity contribution in [1.29, 1.82) is 0 Å². The van der Waals surface area contributed by atoms with Crippen LogP contribution in [0.2, 0.25) is 5.15 Å². The van der Waals surface area contributed by atoms with Gasteiger partial charge in [-0.2, -0.15) is 4.98 Å². The van der Waals surface area contributed by atoms with E-state index in [9.17, 15) is 9.59 Å². The van der Waals surface area contributed by atoms with Crippen molar-refractivity contribution in [2.45, 2.75) is 25.4 Å². The summed E-state index contributed by atoms with van der Waals surface area (Å²) in [6.45, 7) is 2.70. The molecule has 1 unspecified atom stereocenters. The zero-order valence-electron chi connectivity index (χ0n) is 24.2. The Bertz CT molecular complexity index is 1720. The summed E-state index contributed by atoms with van der Waals surface area (Å²) in [5, 5.41) is 3.27. The number of aromatic nitrogens is 4. The molecule has 14 heteroatoms. The molecular weight excluding hydrogens is 602 g/mol.